The van der Waals surface area contributed by atoms with Gasteiger partial charge in [0.1, 0.15) is 0 Å². The molecule has 0 bridgehead atoms. The molecule has 1 fully saturated rings. The molecule has 0 unspecified atom stereocenters. The molecule has 1 saturated carbocycles. The molecule has 0 atom stereocenters. The molecule has 1 aromatic rings. The van der Waals surface area contributed by atoms with Crippen molar-refractivity contribution in [3.63, 3.8) is 0 Å². The van der Waals surface area contributed by atoms with E-state index in [-0.39, 0.29) is 30.1 Å². The van der Waals surface area contributed by atoms with E-state index in [1.54, 1.807) is 0 Å². The van der Waals surface area contributed by atoms with Gasteiger partial charge in [-0.2, -0.15) is 0 Å². The van der Waals surface area contributed by atoms with Gasteiger partial charge >= 0.3 is 12.0 Å². The Bertz CT molecular complexity index is 631. The van der Waals surface area contributed by atoms with Crippen LogP contribution in [-0.4, -0.2) is 53.7 Å². The van der Waals surface area contributed by atoms with Crippen LogP contribution in [-0.2, 0) is 16.6 Å². The van der Waals surface area contributed by atoms with Crippen LogP contribution < -0.4 is 10.6 Å². The molecule has 6 nitrogen and oxygen atoms in total. The summed E-state index contributed by atoms with van der Waals surface area (Å²) in [5, 5.41) is 14.8. The summed E-state index contributed by atoms with van der Waals surface area (Å²) in [6, 6.07) is 8.78. The van der Waals surface area contributed by atoms with E-state index in [0.29, 0.717) is 13.1 Å². The minimum Gasteiger partial charge on any atom is -0.480 e. The number of amides is 2. The molecule has 27 heavy (non-hydrogen) atoms. The second kappa shape index (κ2) is 9.22. The number of rotatable bonds is 8. The van der Waals surface area contributed by atoms with Gasteiger partial charge in [0, 0.05) is 18.6 Å². The van der Waals surface area contributed by atoms with Gasteiger partial charge in [-0.15, -0.1) is 0 Å². The van der Waals surface area contributed by atoms with Crippen LogP contribution in [0.4, 0.5) is 4.79 Å². The molecule has 0 radical (unpaired) electrons. The summed E-state index contributed by atoms with van der Waals surface area (Å²) < 4.78 is 0. The van der Waals surface area contributed by atoms with Crippen molar-refractivity contribution in [1.29, 1.82) is 0 Å². The van der Waals surface area contributed by atoms with Crippen LogP contribution >= 0.6 is 0 Å². The predicted molar refractivity (Wildman–Crippen MR) is 107 cm³/mol. The third-order valence-electron chi connectivity index (χ3n) is 5.23. The number of aliphatic carboxylic acids is 1. The molecule has 1 aliphatic carbocycles. The van der Waals surface area contributed by atoms with Gasteiger partial charge in [0.2, 0.25) is 0 Å². The standard InChI is InChI=1S/C21H33N3O3/c1-5-24(14-19(25)26)18-12-17(13-18)23-20(27)22-11-10-15-6-8-16(9-7-15)21(2,3)4/h6-9,17-18H,5,10-14H2,1-4H3,(H,25,26)(H2,22,23,27). The third-order valence-corrected chi connectivity index (χ3v) is 5.23. The Kier molecular flexibility index (Phi) is 7.25. The van der Waals surface area contributed by atoms with Gasteiger partial charge in [-0.1, -0.05) is 52.0 Å². The van der Waals surface area contributed by atoms with Crippen molar-refractivity contribution in [3.05, 3.63) is 35.4 Å². The summed E-state index contributed by atoms with van der Waals surface area (Å²) in [6.07, 6.45) is 2.42. The maximum atomic E-state index is 12.0. The number of nitrogens with zero attached hydrogens (tertiary/aromatic N) is 1. The first kappa shape index (κ1) is 21.2. The van der Waals surface area contributed by atoms with Crippen molar-refractivity contribution >= 4 is 12.0 Å². The molecule has 2 amide bonds. The maximum Gasteiger partial charge on any atom is 0.317 e. The zero-order valence-corrected chi connectivity index (χ0v) is 16.9. The third kappa shape index (κ3) is 6.54. The highest BCUT2D eigenvalue weighted by Gasteiger charge is 2.34. The summed E-state index contributed by atoms with van der Waals surface area (Å²) in [5.74, 6) is -0.804. The molecule has 6 heteroatoms. The first-order valence-corrected chi connectivity index (χ1v) is 9.78. The number of hydrogen-bond donors (Lipinski definition) is 3. The number of likely N-dealkylation sites (N-methyl/N-ethyl adjacent to an activating group) is 1. The van der Waals surface area contributed by atoms with E-state index in [4.69, 9.17) is 5.11 Å². The molecule has 0 spiro atoms. The highest BCUT2D eigenvalue weighted by atomic mass is 16.4. The van der Waals surface area contributed by atoms with E-state index in [9.17, 15) is 9.59 Å². The lowest BCUT2D eigenvalue weighted by Gasteiger charge is -2.42. The van der Waals surface area contributed by atoms with Crippen molar-refractivity contribution in [3.8, 4) is 0 Å². The zero-order chi connectivity index (χ0) is 20.0. The van der Waals surface area contributed by atoms with Crippen LogP contribution in [0.1, 0.15) is 51.7 Å². The summed E-state index contributed by atoms with van der Waals surface area (Å²) in [6.45, 7) is 9.92. The lowest BCUT2D eigenvalue weighted by molar-refractivity contribution is -0.139. The van der Waals surface area contributed by atoms with Crippen molar-refractivity contribution < 1.29 is 14.7 Å². The zero-order valence-electron chi connectivity index (χ0n) is 16.9. The number of carbonyl (C=O) groups excluding carboxylic acids is 1. The molecule has 0 saturated heterocycles. The Morgan fingerprint density at radius 2 is 1.81 bits per heavy atom. The minimum atomic E-state index is -0.804. The van der Waals surface area contributed by atoms with E-state index < -0.39 is 5.97 Å². The van der Waals surface area contributed by atoms with Gasteiger partial charge in [0.05, 0.1) is 6.54 Å². The van der Waals surface area contributed by atoms with Gasteiger partial charge in [0.25, 0.3) is 0 Å². The van der Waals surface area contributed by atoms with E-state index in [2.05, 4.69) is 55.7 Å². The Morgan fingerprint density at radius 3 is 2.33 bits per heavy atom. The van der Waals surface area contributed by atoms with Crippen LogP contribution in [0.2, 0.25) is 0 Å². The normalized spacial score (nSPS) is 19.4. The maximum absolute atomic E-state index is 12.0. The fourth-order valence-electron chi connectivity index (χ4n) is 3.40. The first-order chi connectivity index (χ1) is 12.7. The van der Waals surface area contributed by atoms with Crippen LogP contribution in [0.15, 0.2) is 24.3 Å². The van der Waals surface area contributed by atoms with Gasteiger partial charge < -0.3 is 15.7 Å². The first-order valence-electron chi connectivity index (χ1n) is 9.78. The second-order valence-corrected chi connectivity index (χ2v) is 8.38. The number of urea groups is 1. The summed E-state index contributed by atoms with van der Waals surface area (Å²) in [5.41, 5.74) is 2.66. The molecule has 1 aliphatic rings. The second-order valence-electron chi connectivity index (χ2n) is 8.38. The molecule has 2 rings (SSSR count). The highest BCUT2D eigenvalue weighted by Crippen LogP contribution is 2.25. The van der Waals surface area contributed by atoms with Crippen LogP contribution in [0.25, 0.3) is 0 Å². The van der Waals surface area contributed by atoms with Crippen molar-refractivity contribution in [2.75, 3.05) is 19.6 Å². The van der Waals surface area contributed by atoms with Crippen LogP contribution in [0.5, 0.6) is 0 Å². The molecular weight excluding hydrogens is 342 g/mol. The summed E-state index contributed by atoms with van der Waals surface area (Å²) >= 11 is 0. The summed E-state index contributed by atoms with van der Waals surface area (Å²) in [4.78, 5) is 24.8. The molecule has 0 aliphatic heterocycles. The van der Waals surface area contributed by atoms with Crippen molar-refractivity contribution in [1.82, 2.24) is 15.5 Å². The smallest absolute Gasteiger partial charge is 0.317 e. The number of benzene rings is 1. The number of carboxylic acid groups (broad SMARTS) is 1. The number of nitrogens with one attached hydrogen (secondary N) is 2. The lowest BCUT2D eigenvalue weighted by atomic mass is 9.85. The number of carbonyl (C=O) groups is 2. The molecule has 1 aromatic carbocycles. The SMILES string of the molecule is CCN(CC(=O)O)C1CC(NC(=O)NCCc2ccc(C(C)(C)C)cc2)C1. The van der Waals surface area contributed by atoms with E-state index in [1.165, 1.54) is 11.1 Å². The molecule has 0 aromatic heterocycles. The quantitative estimate of drug-likeness (QED) is 0.653. The fraction of sp³-hybridized carbons (Fsp3) is 0.619. The topological polar surface area (TPSA) is 81.7 Å². The van der Waals surface area contributed by atoms with Crippen molar-refractivity contribution in [2.45, 2.75) is 64.5 Å². The van der Waals surface area contributed by atoms with E-state index in [0.717, 1.165) is 19.3 Å². The van der Waals surface area contributed by atoms with Gasteiger partial charge in [-0.05, 0) is 42.3 Å². The fourth-order valence-corrected chi connectivity index (χ4v) is 3.40. The average molecular weight is 376 g/mol. The molecule has 150 valence electrons. The molecule has 3 N–H and O–H groups in total. The van der Waals surface area contributed by atoms with E-state index in [1.807, 2.05) is 11.8 Å². The summed E-state index contributed by atoms with van der Waals surface area (Å²) in [7, 11) is 0. The van der Waals surface area contributed by atoms with Crippen molar-refractivity contribution in [2.24, 2.45) is 0 Å². The monoisotopic (exact) mass is 375 g/mol. The largest absolute Gasteiger partial charge is 0.480 e. The van der Waals surface area contributed by atoms with Crippen LogP contribution in [0, 0.1) is 0 Å². The Hall–Kier alpha value is -2.08. The Labute approximate surface area is 162 Å². The molecule has 0 heterocycles. The highest BCUT2D eigenvalue weighted by molar-refractivity contribution is 5.74. The lowest BCUT2D eigenvalue weighted by Crippen LogP contribution is -2.56. The van der Waals surface area contributed by atoms with E-state index >= 15 is 0 Å². The average Bonchev–Trinajstić information content (AvgIpc) is 2.55. The minimum absolute atomic E-state index is 0.0636. The van der Waals surface area contributed by atoms with Crippen LogP contribution in [0.3, 0.4) is 0 Å². The van der Waals surface area contributed by atoms with Gasteiger partial charge in [-0.25, -0.2) is 4.79 Å². The number of carboxylic acids is 1. The van der Waals surface area contributed by atoms with Gasteiger partial charge in [0.15, 0.2) is 0 Å². The Balaban J connectivity index is 1.65. The predicted octanol–water partition coefficient (Wildman–Crippen LogP) is 2.76. The number of hydrogen-bond acceptors (Lipinski definition) is 3. The Morgan fingerprint density at radius 1 is 1.19 bits per heavy atom. The van der Waals surface area contributed by atoms with Gasteiger partial charge in [-0.3, -0.25) is 9.69 Å². The molecular formula is C21H33N3O3.